The molecule has 0 aliphatic heterocycles. The van der Waals surface area contributed by atoms with E-state index < -0.39 is 0 Å². The van der Waals surface area contributed by atoms with Crippen LogP contribution in [0, 0.1) is 5.82 Å². The zero-order chi connectivity index (χ0) is 23.1. The zero-order valence-corrected chi connectivity index (χ0v) is 19.2. The van der Waals surface area contributed by atoms with Crippen molar-refractivity contribution in [1.82, 2.24) is 24.5 Å². The predicted molar refractivity (Wildman–Crippen MR) is 129 cm³/mol. The first-order chi connectivity index (χ1) is 16.7. The number of benzene rings is 2. The number of para-hydroxylation sites is 1. The molecule has 0 spiro atoms. The van der Waals surface area contributed by atoms with Crippen LogP contribution in [0.4, 0.5) is 10.2 Å². The van der Waals surface area contributed by atoms with Gasteiger partial charge in [-0.2, -0.15) is 5.10 Å². The Bertz CT molecular complexity index is 1340. The fourth-order valence-corrected chi connectivity index (χ4v) is 4.81. The molecule has 2 aromatic heterocycles. The first kappa shape index (κ1) is 21.1. The van der Waals surface area contributed by atoms with E-state index in [4.69, 9.17) is 5.10 Å². The number of hydrogen-bond acceptors (Lipinski definition) is 5. The van der Waals surface area contributed by atoms with Gasteiger partial charge in [0.25, 0.3) is 0 Å². The molecule has 2 fully saturated rings. The van der Waals surface area contributed by atoms with Crippen molar-refractivity contribution in [1.29, 1.82) is 0 Å². The summed E-state index contributed by atoms with van der Waals surface area (Å²) in [7, 11) is 0. The van der Waals surface area contributed by atoms with Crippen molar-refractivity contribution in [2.45, 2.75) is 42.8 Å². The molecule has 2 aliphatic rings. The third kappa shape index (κ3) is 4.23. The molecule has 9 heteroatoms. The number of carbonyl (C=O) groups is 1. The molecule has 1 amide bonds. The van der Waals surface area contributed by atoms with E-state index in [0.29, 0.717) is 28.3 Å². The van der Waals surface area contributed by atoms with Crippen LogP contribution in [0.25, 0.3) is 17.1 Å². The molecular formula is C25H23FN6OS. The number of halogens is 1. The number of hydrogen-bond donors (Lipinski definition) is 1. The third-order valence-electron chi connectivity index (χ3n) is 6.02. The maximum absolute atomic E-state index is 14.4. The number of aromatic nitrogens is 5. The molecule has 2 aromatic carbocycles. The average molecular weight is 475 g/mol. The summed E-state index contributed by atoms with van der Waals surface area (Å²) in [6.45, 7) is 0. The summed E-state index contributed by atoms with van der Waals surface area (Å²) in [5.41, 5.74) is 2.34. The molecule has 2 saturated carbocycles. The number of thioether (sulfide) groups is 1. The third-order valence-corrected chi connectivity index (χ3v) is 6.96. The van der Waals surface area contributed by atoms with Crippen LogP contribution in [0.15, 0.2) is 65.8 Å². The summed E-state index contributed by atoms with van der Waals surface area (Å²) in [4.78, 5) is 12.9. The van der Waals surface area contributed by atoms with Crippen molar-refractivity contribution in [2.75, 3.05) is 11.1 Å². The van der Waals surface area contributed by atoms with Gasteiger partial charge in [-0.3, -0.25) is 9.36 Å². The van der Waals surface area contributed by atoms with E-state index in [2.05, 4.69) is 15.5 Å². The first-order valence-electron chi connectivity index (χ1n) is 11.4. The quantitative estimate of drug-likeness (QED) is 0.355. The van der Waals surface area contributed by atoms with Gasteiger partial charge < -0.3 is 5.32 Å². The molecule has 0 atom stereocenters. The maximum atomic E-state index is 14.4. The lowest BCUT2D eigenvalue weighted by Gasteiger charge is -2.10. The molecule has 1 N–H and O–H groups in total. The van der Waals surface area contributed by atoms with Crippen LogP contribution in [0.5, 0.6) is 0 Å². The number of nitrogens with one attached hydrogen (secondary N) is 1. The van der Waals surface area contributed by atoms with Gasteiger partial charge in [0.15, 0.2) is 11.0 Å². The summed E-state index contributed by atoms with van der Waals surface area (Å²) in [5, 5.41) is 16.9. The Morgan fingerprint density at radius 1 is 1.03 bits per heavy atom. The Labute approximate surface area is 200 Å². The molecular weight excluding hydrogens is 451 g/mol. The van der Waals surface area contributed by atoms with Crippen LogP contribution < -0.4 is 5.32 Å². The van der Waals surface area contributed by atoms with Gasteiger partial charge in [-0.1, -0.05) is 42.1 Å². The largest absolute Gasteiger partial charge is 0.310 e. The van der Waals surface area contributed by atoms with Crippen LogP contribution in [0.2, 0.25) is 0 Å². The van der Waals surface area contributed by atoms with Crippen molar-refractivity contribution >= 4 is 23.5 Å². The van der Waals surface area contributed by atoms with Gasteiger partial charge in [0.1, 0.15) is 11.6 Å². The summed E-state index contributed by atoms with van der Waals surface area (Å²) in [6.07, 6.45) is 4.27. The van der Waals surface area contributed by atoms with Crippen LogP contribution in [-0.2, 0) is 4.79 Å². The topological polar surface area (TPSA) is 77.6 Å². The maximum Gasteiger partial charge on any atom is 0.236 e. The molecule has 4 aromatic rings. The molecule has 2 aliphatic carbocycles. The second-order valence-electron chi connectivity index (χ2n) is 8.70. The Hall–Kier alpha value is -3.46. The number of anilines is 1. The van der Waals surface area contributed by atoms with Gasteiger partial charge in [0.05, 0.1) is 22.7 Å². The smallest absolute Gasteiger partial charge is 0.236 e. The highest BCUT2D eigenvalue weighted by Gasteiger charge is 2.31. The van der Waals surface area contributed by atoms with Crippen LogP contribution in [0.3, 0.4) is 0 Å². The van der Waals surface area contributed by atoms with E-state index in [1.807, 2.05) is 41.0 Å². The molecule has 7 nitrogen and oxygen atoms in total. The fraction of sp³-hybridized carbons (Fsp3) is 0.280. The molecule has 6 rings (SSSR count). The van der Waals surface area contributed by atoms with E-state index in [1.165, 1.54) is 17.8 Å². The summed E-state index contributed by atoms with van der Waals surface area (Å²) >= 11 is 1.32. The van der Waals surface area contributed by atoms with Gasteiger partial charge in [-0.25, -0.2) is 9.07 Å². The second kappa shape index (κ2) is 8.72. The van der Waals surface area contributed by atoms with Crippen molar-refractivity contribution < 1.29 is 9.18 Å². The molecule has 2 heterocycles. The molecule has 0 unspecified atom stereocenters. The Morgan fingerprint density at radius 2 is 1.79 bits per heavy atom. The normalized spacial score (nSPS) is 15.4. The van der Waals surface area contributed by atoms with Crippen molar-refractivity contribution in [3.63, 3.8) is 0 Å². The van der Waals surface area contributed by atoms with Gasteiger partial charge in [0, 0.05) is 18.0 Å². The summed E-state index contributed by atoms with van der Waals surface area (Å²) in [5.74, 6) is 1.34. The van der Waals surface area contributed by atoms with E-state index in [9.17, 15) is 9.18 Å². The van der Waals surface area contributed by atoms with E-state index in [0.717, 1.165) is 37.1 Å². The minimum Gasteiger partial charge on any atom is -0.310 e. The van der Waals surface area contributed by atoms with Crippen molar-refractivity contribution in [3.05, 3.63) is 72.2 Å². The van der Waals surface area contributed by atoms with Crippen LogP contribution in [-0.4, -0.2) is 36.2 Å². The number of amides is 1. The Morgan fingerprint density at radius 3 is 2.53 bits per heavy atom. The molecule has 172 valence electrons. The average Bonchev–Trinajstić information content (AvgIpc) is 3.79. The number of rotatable bonds is 8. The van der Waals surface area contributed by atoms with Gasteiger partial charge >= 0.3 is 0 Å². The summed E-state index contributed by atoms with van der Waals surface area (Å²) < 4.78 is 18.1. The van der Waals surface area contributed by atoms with Gasteiger partial charge in [0.2, 0.25) is 5.91 Å². The number of nitrogens with zero attached hydrogens (tertiary/aromatic N) is 5. The molecule has 0 bridgehead atoms. The highest BCUT2D eigenvalue weighted by molar-refractivity contribution is 7.99. The van der Waals surface area contributed by atoms with E-state index in [1.54, 1.807) is 22.9 Å². The molecule has 34 heavy (non-hydrogen) atoms. The number of carbonyl (C=O) groups excluding carboxylic acids is 1. The fourth-order valence-electron chi connectivity index (χ4n) is 4.01. The van der Waals surface area contributed by atoms with Gasteiger partial charge in [-0.15, -0.1) is 10.2 Å². The van der Waals surface area contributed by atoms with E-state index >= 15 is 0 Å². The zero-order valence-electron chi connectivity index (χ0n) is 18.4. The standard InChI is InChI=1S/C25H23FN6OS/c26-20-9-5-4-8-19(20)24-28-29-25(31(24)17-12-13-17)34-15-23(33)27-22-14-21(16-10-11-16)30-32(22)18-6-2-1-3-7-18/h1-9,14,16-17H,10-13,15H2,(H,27,33). The summed E-state index contributed by atoms with van der Waals surface area (Å²) in [6, 6.07) is 18.6. The van der Waals surface area contributed by atoms with Crippen molar-refractivity contribution in [3.8, 4) is 17.1 Å². The minimum absolute atomic E-state index is 0.151. The lowest BCUT2D eigenvalue weighted by atomic mass is 10.2. The Balaban J connectivity index is 1.20. The first-order valence-corrected chi connectivity index (χ1v) is 12.4. The molecule has 0 saturated heterocycles. The lowest BCUT2D eigenvalue weighted by molar-refractivity contribution is -0.113. The van der Waals surface area contributed by atoms with Crippen molar-refractivity contribution in [2.24, 2.45) is 0 Å². The lowest BCUT2D eigenvalue weighted by Crippen LogP contribution is -2.17. The van der Waals surface area contributed by atoms with Crippen LogP contribution >= 0.6 is 11.8 Å². The minimum atomic E-state index is -0.327. The molecule has 0 radical (unpaired) electrons. The van der Waals surface area contributed by atoms with Crippen LogP contribution in [0.1, 0.15) is 43.3 Å². The van der Waals surface area contributed by atoms with Gasteiger partial charge in [-0.05, 0) is 49.9 Å². The van der Waals surface area contributed by atoms with E-state index in [-0.39, 0.29) is 23.5 Å². The second-order valence-corrected chi connectivity index (χ2v) is 9.64. The predicted octanol–water partition coefficient (Wildman–Crippen LogP) is 5.21. The highest BCUT2D eigenvalue weighted by Crippen LogP contribution is 2.42. The monoisotopic (exact) mass is 474 g/mol. The highest BCUT2D eigenvalue weighted by atomic mass is 32.2. The SMILES string of the molecule is O=C(CSc1nnc(-c2ccccc2F)n1C1CC1)Nc1cc(C2CC2)nn1-c1ccccc1. The Kier molecular flexibility index (Phi) is 5.41.